The summed E-state index contributed by atoms with van der Waals surface area (Å²) >= 11 is 6.01. The van der Waals surface area contributed by atoms with Gasteiger partial charge in [0.1, 0.15) is 12.1 Å². The first kappa shape index (κ1) is 17.0. The second kappa shape index (κ2) is 7.36. The fourth-order valence-electron chi connectivity index (χ4n) is 2.42. The van der Waals surface area contributed by atoms with Crippen LogP contribution in [0.5, 0.6) is 0 Å². The molecule has 7 heteroatoms. The Kier molecular flexibility index (Phi) is 5.00. The van der Waals surface area contributed by atoms with Gasteiger partial charge in [-0.15, -0.1) is 0 Å². The van der Waals surface area contributed by atoms with Crippen molar-refractivity contribution in [3.63, 3.8) is 0 Å². The minimum Gasteiger partial charge on any atom is -0.373 e. The number of aryl methyl sites for hydroxylation is 1. The van der Waals surface area contributed by atoms with Crippen molar-refractivity contribution in [2.45, 2.75) is 13.5 Å². The van der Waals surface area contributed by atoms with Crippen molar-refractivity contribution < 1.29 is 4.79 Å². The third-order valence-electron chi connectivity index (χ3n) is 3.89. The fraction of sp³-hybridized carbons (Fsp3) is 0.167. The van der Waals surface area contributed by atoms with Crippen molar-refractivity contribution in [2.24, 2.45) is 0 Å². The van der Waals surface area contributed by atoms with Crippen molar-refractivity contribution in [3.05, 3.63) is 65.2 Å². The molecule has 1 aromatic carbocycles. The topological polar surface area (TPSA) is 71.8 Å². The summed E-state index contributed by atoms with van der Waals surface area (Å²) in [5, 5.41) is 6.51. The van der Waals surface area contributed by atoms with Crippen LogP contribution in [0.3, 0.4) is 0 Å². The van der Waals surface area contributed by atoms with E-state index in [0.29, 0.717) is 11.6 Å². The largest absolute Gasteiger partial charge is 0.373 e. The molecular weight excluding hydrogens is 338 g/mol. The van der Waals surface area contributed by atoms with E-state index in [0.717, 1.165) is 28.2 Å². The fourth-order valence-corrected chi connectivity index (χ4v) is 2.61. The smallest absolute Gasteiger partial charge is 0.325 e. The zero-order valence-corrected chi connectivity index (χ0v) is 14.7. The zero-order chi connectivity index (χ0) is 17.8. The van der Waals surface area contributed by atoms with E-state index in [4.69, 9.17) is 11.6 Å². The summed E-state index contributed by atoms with van der Waals surface area (Å²) in [5.41, 5.74) is 3.66. The van der Waals surface area contributed by atoms with Crippen molar-refractivity contribution in [3.8, 4) is 11.3 Å². The third-order valence-corrected chi connectivity index (χ3v) is 4.12. The Morgan fingerprint density at radius 2 is 2.08 bits per heavy atom. The van der Waals surface area contributed by atoms with Crippen LogP contribution in [0.1, 0.15) is 11.1 Å². The van der Waals surface area contributed by atoms with E-state index in [1.807, 2.05) is 37.3 Å². The van der Waals surface area contributed by atoms with Gasteiger partial charge >= 0.3 is 6.03 Å². The number of nitrogens with zero attached hydrogens (tertiary/aromatic N) is 3. The molecule has 0 aliphatic carbocycles. The lowest BCUT2D eigenvalue weighted by Crippen LogP contribution is -2.27. The molecule has 0 radical (unpaired) electrons. The summed E-state index contributed by atoms with van der Waals surface area (Å²) in [6.07, 6.45) is 4.93. The molecule has 0 atom stereocenters. The Balaban J connectivity index is 1.71. The standard InChI is InChI=1S/C18H18ClN5O/c1-12-3-4-15(19)7-14(12)9-21-18(25)24-6-5-13(10-24)16-8-17(20-2)23-11-22-16/h3-8,10-11H,9H2,1-2H3,(H,21,25)(H,20,22,23). The number of hydrogen-bond donors (Lipinski definition) is 2. The first-order valence-corrected chi connectivity index (χ1v) is 8.16. The summed E-state index contributed by atoms with van der Waals surface area (Å²) in [4.78, 5) is 20.7. The first-order valence-electron chi connectivity index (χ1n) is 7.78. The van der Waals surface area contributed by atoms with Crippen LogP contribution in [-0.2, 0) is 6.54 Å². The Morgan fingerprint density at radius 3 is 2.88 bits per heavy atom. The lowest BCUT2D eigenvalue weighted by Gasteiger charge is -2.09. The maximum absolute atomic E-state index is 12.4. The second-order valence-corrected chi connectivity index (χ2v) is 6.01. The number of carbonyl (C=O) groups is 1. The molecule has 2 N–H and O–H groups in total. The van der Waals surface area contributed by atoms with Gasteiger partial charge in [-0.25, -0.2) is 14.8 Å². The highest BCUT2D eigenvalue weighted by Gasteiger charge is 2.09. The SMILES string of the molecule is CNc1cc(-c2ccn(C(=O)NCc3cc(Cl)ccc3C)c2)ncn1. The summed E-state index contributed by atoms with van der Waals surface area (Å²) in [6, 6.07) is 9.08. The molecule has 0 saturated carbocycles. The van der Waals surface area contributed by atoms with Crippen LogP contribution in [-0.4, -0.2) is 27.6 Å². The number of carbonyl (C=O) groups excluding carboxylic acids is 1. The minimum absolute atomic E-state index is 0.214. The number of aromatic nitrogens is 3. The summed E-state index contributed by atoms with van der Waals surface area (Å²) in [7, 11) is 1.79. The van der Waals surface area contributed by atoms with Crippen LogP contribution in [0.25, 0.3) is 11.3 Å². The average molecular weight is 356 g/mol. The van der Waals surface area contributed by atoms with Crippen molar-refractivity contribution in [2.75, 3.05) is 12.4 Å². The van der Waals surface area contributed by atoms with Gasteiger partial charge in [0.25, 0.3) is 0 Å². The van der Waals surface area contributed by atoms with Crippen molar-refractivity contribution in [1.82, 2.24) is 19.9 Å². The number of benzene rings is 1. The van der Waals surface area contributed by atoms with E-state index >= 15 is 0 Å². The van der Waals surface area contributed by atoms with Gasteiger partial charge in [0.15, 0.2) is 0 Å². The van der Waals surface area contributed by atoms with Gasteiger partial charge in [-0.05, 0) is 36.2 Å². The summed E-state index contributed by atoms with van der Waals surface area (Å²) < 4.78 is 1.50. The molecule has 0 aliphatic rings. The average Bonchev–Trinajstić information content (AvgIpc) is 3.12. The van der Waals surface area contributed by atoms with Gasteiger partial charge in [0.2, 0.25) is 0 Å². The van der Waals surface area contributed by atoms with E-state index in [1.54, 1.807) is 19.4 Å². The lowest BCUT2D eigenvalue weighted by molar-refractivity contribution is 0.242. The number of amides is 1. The van der Waals surface area contributed by atoms with Crippen LogP contribution in [0, 0.1) is 6.92 Å². The molecule has 2 aromatic heterocycles. The van der Waals surface area contributed by atoms with Crippen molar-refractivity contribution in [1.29, 1.82) is 0 Å². The molecule has 0 saturated heterocycles. The number of rotatable bonds is 4. The molecule has 0 spiro atoms. The van der Waals surface area contributed by atoms with Crippen LogP contribution in [0.15, 0.2) is 49.1 Å². The molecule has 0 bridgehead atoms. The monoisotopic (exact) mass is 355 g/mol. The zero-order valence-electron chi connectivity index (χ0n) is 14.0. The van der Waals surface area contributed by atoms with Crippen molar-refractivity contribution >= 4 is 23.4 Å². The maximum atomic E-state index is 12.4. The molecule has 3 aromatic rings. The first-order chi connectivity index (χ1) is 12.1. The van der Waals surface area contributed by atoms with Gasteiger partial charge in [-0.3, -0.25) is 4.57 Å². The molecule has 0 aliphatic heterocycles. The molecular formula is C18H18ClN5O. The number of anilines is 1. The Labute approximate surface area is 150 Å². The highest BCUT2D eigenvalue weighted by molar-refractivity contribution is 6.30. The van der Waals surface area contributed by atoms with E-state index in [9.17, 15) is 4.79 Å². The number of nitrogens with one attached hydrogen (secondary N) is 2. The molecule has 2 heterocycles. The normalized spacial score (nSPS) is 10.5. The molecule has 0 fully saturated rings. The number of hydrogen-bond acceptors (Lipinski definition) is 4. The van der Waals surface area contributed by atoms with Crippen LogP contribution in [0.4, 0.5) is 10.6 Å². The lowest BCUT2D eigenvalue weighted by atomic mass is 10.1. The quantitative estimate of drug-likeness (QED) is 0.748. The van der Waals surface area contributed by atoms with E-state index in [1.165, 1.54) is 10.9 Å². The van der Waals surface area contributed by atoms with Gasteiger partial charge in [-0.2, -0.15) is 0 Å². The predicted octanol–water partition coefficient (Wildman–Crippen LogP) is 3.71. The summed E-state index contributed by atoms with van der Waals surface area (Å²) in [5.74, 6) is 0.721. The molecule has 6 nitrogen and oxygen atoms in total. The molecule has 3 rings (SSSR count). The summed E-state index contributed by atoms with van der Waals surface area (Å²) in [6.45, 7) is 2.40. The second-order valence-electron chi connectivity index (χ2n) is 5.58. The molecule has 0 unspecified atom stereocenters. The Morgan fingerprint density at radius 1 is 1.24 bits per heavy atom. The van der Waals surface area contributed by atoms with Gasteiger partial charge in [0, 0.05) is 42.6 Å². The van der Waals surface area contributed by atoms with Crippen LogP contribution >= 0.6 is 11.6 Å². The highest BCUT2D eigenvalue weighted by atomic mass is 35.5. The van der Waals surface area contributed by atoms with Crippen LogP contribution in [0.2, 0.25) is 5.02 Å². The molecule has 1 amide bonds. The Hall–Kier alpha value is -2.86. The van der Waals surface area contributed by atoms with Crippen LogP contribution < -0.4 is 10.6 Å². The predicted molar refractivity (Wildman–Crippen MR) is 98.8 cm³/mol. The van der Waals surface area contributed by atoms with E-state index in [2.05, 4.69) is 20.6 Å². The maximum Gasteiger partial charge on any atom is 0.325 e. The van der Waals surface area contributed by atoms with E-state index < -0.39 is 0 Å². The van der Waals surface area contributed by atoms with Gasteiger partial charge in [0.05, 0.1) is 5.69 Å². The van der Waals surface area contributed by atoms with Gasteiger partial charge < -0.3 is 10.6 Å². The van der Waals surface area contributed by atoms with E-state index in [-0.39, 0.29) is 6.03 Å². The molecule has 25 heavy (non-hydrogen) atoms. The van der Waals surface area contributed by atoms with Gasteiger partial charge in [-0.1, -0.05) is 17.7 Å². The minimum atomic E-state index is -0.214. The highest BCUT2D eigenvalue weighted by Crippen LogP contribution is 2.19. The number of halogens is 1. The third kappa shape index (κ3) is 3.97. The molecule has 128 valence electrons. The Bertz CT molecular complexity index is 906.